The Balaban J connectivity index is 1.35. The summed E-state index contributed by atoms with van der Waals surface area (Å²) in [6.45, 7) is 1.62. The normalized spacial score (nSPS) is 11.5. The van der Waals surface area contributed by atoms with Gasteiger partial charge in [-0.05, 0) is 55.0 Å². The van der Waals surface area contributed by atoms with Crippen LogP contribution in [0.25, 0.3) is 16.6 Å². The summed E-state index contributed by atoms with van der Waals surface area (Å²) < 4.78 is 36.1. The van der Waals surface area contributed by atoms with Crippen LogP contribution in [0.5, 0.6) is 11.5 Å². The van der Waals surface area contributed by atoms with Gasteiger partial charge >= 0.3 is 0 Å². The van der Waals surface area contributed by atoms with Crippen molar-refractivity contribution in [2.75, 3.05) is 17.8 Å². The van der Waals surface area contributed by atoms with E-state index in [0.29, 0.717) is 23.2 Å². The van der Waals surface area contributed by atoms with Gasteiger partial charge in [-0.3, -0.25) is 20.0 Å². The first kappa shape index (κ1) is 27.1. The van der Waals surface area contributed by atoms with Gasteiger partial charge in [0.05, 0.1) is 11.9 Å². The molecular formula is C31H25F2N5O3. The summed E-state index contributed by atoms with van der Waals surface area (Å²) >= 11 is 0. The standard InChI is InChI=1S/C31H25F2N5O3/c1-20(37(2)36-23-6-4-3-5-7-23)26(19-39)31(40)35-24-12-13-28(27(33)18-24)41-29-14-16-34-38-17-15-25(30(29)38)21-8-10-22(32)11-9-21/h3-19,36H,1-2H3,(H,35,40)/b26-20+. The first-order valence-corrected chi connectivity index (χ1v) is 12.6. The topological polar surface area (TPSA) is 88.0 Å². The quantitative estimate of drug-likeness (QED) is 0.0718. The van der Waals surface area contributed by atoms with Gasteiger partial charge in [0.15, 0.2) is 23.6 Å². The molecule has 2 heterocycles. The van der Waals surface area contributed by atoms with Gasteiger partial charge in [0.1, 0.15) is 16.9 Å². The molecule has 0 fully saturated rings. The SMILES string of the molecule is C/C(=C(/C=O)C(=O)Nc1ccc(Oc2ccnn3ccc(-c4ccc(F)cc4)c23)c(F)c1)N(C)Nc1ccccc1. The van der Waals surface area contributed by atoms with Crippen molar-refractivity contribution in [2.45, 2.75) is 6.92 Å². The zero-order valence-electron chi connectivity index (χ0n) is 22.1. The highest BCUT2D eigenvalue weighted by molar-refractivity contribution is 6.17. The van der Waals surface area contributed by atoms with Crippen molar-refractivity contribution in [3.63, 3.8) is 0 Å². The van der Waals surface area contributed by atoms with Crippen LogP contribution in [0, 0.1) is 11.6 Å². The van der Waals surface area contributed by atoms with Crippen LogP contribution >= 0.6 is 0 Å². The van der Waals surface area contributed by atoms with Gasteiger partial charge in [-0.2, -0.15) is 5.10 Å². The third kappa shape index (κ3) is 5.91. The van der Waals surface area contributed by atoms with Crippen LogP contribution in [-0.4, -0.2) is 33.9 Å². The van der Waals surface area contributed by atoms with Gasteiger partial charge in [-0.25, -0.2) is 13.3 Å². The molecule has 0 bridgehead atoms. The maximum Gasteiger partial charge on any atom is 0.260 e. The van der Waals surface area contributed by atoms with E-state index >= 15 is 4.39 Å². The number of allylic oxidation sites excluding steroid dienone is 1. The largest absolute Gasteiger partial charge is 0.452 e. The smallest absolute Gasteiger partial charge is 0.260 e. The Morgan fingerprint density at radius 3 is 2.41 bits per heavy atom. The molecule has 10 heteroatoms. The van der Waals surface area contributed by atoms with Crippen molar-refractivity contribution in [3.05, 3.63) is 120 Å². The van der Waals surface area contributed by atoms with Crippen LogP contribution < -0.4 is 15.5 Å². The number of fused-ring (bicyclic) bond motifs is 1. The second-order valence-corrected chi connectivity index (χ2v) is 9.08. The average molecular weight is 554 g/mol. The minimum Gasteiger partial charge on any atom is -0.452 e. The maximum atomic E-state index is 15.2. The number of benzene rings is 3. The van der Waals surface area contributed by atoms with Crippen molar-refractivity contribution in [1.29, 1.82) is 0 Å². The Kier molecular flexibility index (Phi) is 7.73. The van der Waals surface area contributed by atoms with Gasteiger partial charge in [-0.15, -0.1) is 0 Å². The number of nitrogens with one attached hydrogen (secondary N) is 2. The van der Waals surface area contributed by atoms with Crippen LogP contribution in [0.3, 0.4) is 0 Å². The number of para-hydroxylation sites is 1. The Morgan fingerprint density at radius 2 is 1.71 bits per heavy atom. The Hall–Kier alpha value is -5.51. The molecule has 0 aliphatic carbocycles. The molecule has 1 amide bonds. The highest BCUT2D eigenvalue weighted by atomic mass is 19.1. The number of hydrazine groups is 1. The summed E-state index contributed by atoms with van der Waals surface area (Å²) in [5, 5.41) is 8.38. The number of ether oxygens (including phenoxy) is 1. The van der Waals surface area contributed by atoms with Crippen molar-refractivity contribution in [1.82, 2.24) is 14.6 Å². The predicted octanol–water partition coefficient (Wildman–Crippen LogP) is 6.44. The van der Waals surface area contributed by atoms with Crippen molar-refractivity contribution in [3.8, 4) is 22.6 Å². The molecule has 0 saturated heterocycles. The van der Waals surface area contributed by atoms with Crippen LogP contribution in [0.1, 0.15) is 6.92 Å². The minimum absolute atomic E-state index is 0.0866. The summed E-state index contributed by atoms with van der Waals surface area (Å²) in [6.07, 6.45) is 3.69. The van der Waals surface area contributed by atoms with Crippen LogP contribution in [0.15, 0.2) is 109 Å². The number of anilines is 2. The predicted molar refractivity (Wildman–Crippen MR) is 152 cm³/mol. The van der Waals surface area contributed by atoms with E-state index < -0.39 is 11.7 Å². The molecule has 206 valence electrons. The fourth-order valence-corrected chi connectivity index (χ4v) is 4.21. The molecule has 5 aromatic rings. The molecule has 8 nitrogen and oxygen atoms in total. The summed E-state index contributed by atoms with van der Waals surface area (Å²) in [4.78, 5) is 24.7. The van der Waals surface area contributed by atoms with E-state index in [0.717, 1.165) is 22.9 Å². The number of rotatable bonds is 9. The average Bonchev–Trinajstić information content (AvgIpc) is 3.41. The lowest BCUT2D eigenvalue weighted by Crippen LogP contribution is -2.28. The Bertz CT molecular complexity index is 1750. The molecule has 3 aromatic carbocycles. The highest BCUT2D eigenvalue weighted by Gasteiger charge is 2.18. The lowest BCUT2D eigenvalue weighted by molar-refractivity contribution is -0.115. The molecule has 0 unspecified atom stereocenters. The van der Waals surface area contributed by atoms with Crippen LogP contribution in [0.4, 0.5) is 20.2 Å². The molecule has 5 rings (SSSR count). The zero-order chi connectivity index (χ0) is 28.9. The molecule has 0 aliphatic heterocycles. The van der Waals surface area contributed by atoms with E-state index in [2.05, 4.69) is 15.8 Å². The Morgan fingerprint density at radius 1 is 0.951 bits per heavy atom. The number of nitrogens with zero attached hydrogens (tertiary/aromatic N) is 3. The number of amides is 1. The minimum atomic E-state index is -0.733. The number of halogens is 2. The van der Waals surface area contributed by atoms with Crippen molar-refractivity contribution in [2.24, 2.45) is 0 Å². The maximum absolute atomic E-state index is 15.2. The lowest BCUT2D eigenvalue weighted by Gasteiger charge is -2.23. The highest BCUT2D eigenvalue weighted by Crippen LogP contribution is 2.35. The fourth-order valence-electron chi connectivity index (χ4n) is 4.21. The zero-order valence-corrected chi connectivity index (χ0v) is 22.1. The first-order chi connectivity index (χ1) is 19.8. The van der Waals surface area contributed by atoms with E-state index in [1.807, 2.05) is 36.4 Å². The number of hydrogen-bond acceptors (Lipinski definition) is 6. The van der Waals surface area contributed by atoms with E-state index in [9.17, 15) is 14.0 Å². The third-order valence-electron chi connectivity index (χ3n) is 6.41. The van der Waals surface area contributed by atoms with Crippen LogP contribution in [0.2, 0.25) is 0 Å². The fraction of sp³-hybridized carbons (Fsp3) is 0.0645. The number of aromatic nitrogens is 2. The van der Waals surface area contributed by atoms with Gasteiger partial charge in [-0.1, -0.05) is 30.3 Å². The first-order valence-electron chi connectivity index (χ1n) is 12.6. The van der Waals surface area contributed by atoms with Gasteiger partial charge in [0.2, 0.25) is 0 Å². The van der Waals surface area contributed by atoms with Gasteiger partial charge in [0, 0.05) is 42.3 Å². The summed E-state index contributed by atoms with van der Waals surface area (Å²) in [6, 6.07) is 22.6. The lowest BCUT2D eigenvalue weighted by atomic mass is 10.1. The second-order valence-electron chi connectivity index (χ2n) is 9.08. The van der Waals surface area contributed by atoms with E-state index in [-0.39, 0.29) is 22.8 Å². The number of carbonyl (C=O) groups is 2. The number of carbonyl (C=O) groups excluding carboxylic acids is 2. The molecule has 41 heavy (non-hydrogen) atoms. The molecular weight excluding hydrogens is 528 g/mol. The third-order valence-corrected chi connectivity index (χ3v) is 6.41. The summed E-state index contributed by atoms with van der Waals surface area (Å²) in [5.41, 5.74) is 6.27. The van der Waals surface area contributed by atoms with Gasteiger partial charge in [0.25, 0.3) is 5.91 Å². The second kappa shape index (κ2) is 11.7. The molecule has 0 atom stereocenters. The van der Waals surface area contributed by atoms with Crippen molar-refractivity contribution >= 4 is 29.1 Å². The number of aldehydes is 1. The number of hydrogen-bond donors (Lipinski definition) is 2. The molecule has 0 spiro atoms. The molecule has 0 radical (unpaired) electrons. The Labute approximate surface area is 234 Å². The molecule has 2 aromatic heterocycles. The molecule has 0 saturated carbocycles. The van der Waals surface area contributed by atoms with E-state index in [4.69, 9.17) is 4.74 Å². The van der Waals surface area contributed by atoms with E-state index in [1.165, 1.54) is 30.5 Å². The van der Waals surface area contributed by atoms with Crippen molar-refractivity contribution < 1.29 is 23.1 Å². The van der Waals surface area contributed by atoms with Gasteiger partial charge < -0.3 is 10.1 Å². The molecule has 2 N–H and O–H groups in total. The monoisotopic (exact) mass is 553 g/mol. The molecule has 0 aliphatic rings. The van der Waals surface area contributed by atoms with E-state index in [1.54, 1.807) is 47.9 Å². The summed E-state index contributed by atoms with van der Waals surface area (Å²) in [5.74, 6) is -1.54. The van der Waals surface area contributed by atoms with Crippen LogP contribution in [-0.2, 0) is 9.59 Å². The summed E-state index contributed by atoms with van der Waals surface area (Å²) in [7, 11) is 1.67.